The number of hydrogen-bond donors (Lipinski definition) is 2. The van der Waals surface area contributed by atoms with E-state index < -0.39 is 0 Å². The summed E-state index contributed by atoms with van der Waals surface area (Å²) in [6, 6.07) is 0. The summed E-state index contributed by atoms with van der Waals surface area (Å²) < 4.78 is 10.4. The molecule has 0 atom stereocenters. The molecule has 0 aliphatic rings. The molecule has 0 bridgehead atoms. The maximum atomic E-state index is 5.43. The van der Waals surface area contributed by atoms with Crippen molar-refractivity contribution in [2.45, 2.75) is 6.42 Å². The molecule has 0 aromatic rings. The van der Waals surface area contributed by atoms with Crippen molar-refractivity contribution >= 4 is 17.3 Å². The first-order valence-electron chi connectivity index (χ1n) is 5.90. The molecule has 0 unspecified atom stereocenters. The number of likely N-dealkylation sites (N-methyl/N-ethyl adjacent to an activating group) is 1. The molecule has 0 saturated heterocycles. The Kier molecular flexibility index (Phi) is 11.7. The first kappa shape index (κ1) is 16.6. The van der Waals surface area contributed by atoms with E-state index in [9.17, 15) is 0 Å². The normalized spacial score (nSPS) is 10.6. The Hall–Kier alpha value is -0.430. The minimum Gasteiger partial charge on any atom is -0.385 e. The van der Waals surface area contributed by atoms with E-state index in [2.05, 4.69) is 15.5 Å². The van der Waals surface area contributed by atoms with E-state index >= 15 is 0 Å². The summed E-state index contributed by atoms with van der Waals surface area (Å²) in [6.07, 6.45) is 0.956. The monoisotopic (exact) mass is 263 g/mol. The van der Waals surface area contributed by atoms with Crippen LogP contribution in [0.25, 0.3) is 0 Å². The summed E-state index contributed by atoms with van der Waals surface area (Å²) in [6.45, 7) is 4.70. The van der Waals surface area contributed by atoms with Crippen molar-refractivity contribution in [3.8, 4) is 0 Å². The smallest absolute Gasteiger partial charge is 0.166 e. The maximum absolute atomic E-state index is 5.43. The van der Waals surface area contributed by atoms with Crippen LogP contribution in [0.4, 0.5) is 0 Å². The second kappa shape index (κ2) is 12.0. The fourth-order valence-corrected chi connectivity index (χ4v) is 1.27. The lowest BCUT2D eigenvalue weighted by Crippen LogP contribution is -2.38. The van der Waals surface area contributed by atoms with Crippen molar-refractivity contribution in [2.75, 3.05) is 60.7 Å². The van der Waals surface area contributed by atoms with E-state index in [4.69, 9.17) is 21.7 Å². The van der Waals surface area contributed by atoms with Crippen LogP contribution in [-0.4, -0.2) is 70.7 Å². The highest BCUT2D eigenvalue weighted by atomic mass is 32.1. The Morgan fingerprint density at radius 1 is 1.12 bits per heavy atom. The molecule has 5 nitrogen and oxygen atoms in total. The van der Waals surface area contributed by atoms with Gasteiger partial charge in [0, 0.05) is 33.4 Å². The summed E-state index contributed by atoms with van der Waals surface area (Å²) >= 11 is 5.10. The van der Waals surface area contributed by atoms with Crippen LogP contribution in [0.2, 0.25) is 0 Å². The zero-order valence-corrected chi connectivity index (χ0v) is 11.9. The van der Waals surface area contributed by atoms with Gasteiger partial charge in [-0.25, -0.2) is 0 Å². The third-order valence-corrected chi connectivity index (χ3v) is 2.31. The molecule has 0 aliphatic carbocycles. The summed E-state index contributed by atoms with van der Waals surface area (Å²) in [5.41, 5.74) is 0. The fourth-order valence-electron chi connectivity index (χ4n) is 1.07. The van der Waals surface area contributed by atoms with Crippen LogP contribution in [0.15, 0.2) is 0 Å². The number of ether oxygens (including phenoxy) is 2. The van der Waals surface area contributed by atoms with Gasteiger partial charge in [0.2, 0.25) is 0 Å². The van der Waals surface area contributed by atoms with Crippen LogP contribution in [0.5, 0.6) is 0 Å². The van der Waals surface area contributed by atoms with Gasteiger partial charge in [0.1, 0.15) is 0 Å². The molecule has 0 aromatic carbocycles. The molecule has 0 aliphatic heterocycles. The van der Waals surface area contributed by atoms with Crippen LogP contribution < -0.4 is 10.6 Å². The Morgan fingerprint density at radius 2 is 1.82 bits per heavy atom. The van der Waals surface area contributed by atoms with E-state index in [1.54, 1.807) is 7.11 Å². The predicted octanol–water partition coefficient (Wildman–Crippen LogP) is 0.0652. The number of rotatable bonds is 10. The molecule has 0 heterocycles. The van der Waals surface area contributed by atoms with Crippen molar-refractivity contribution < 1.29 is 9.47 Å². The van der Waals surface area contributed by atoms with Gasteiger partial charge in [-0.3, -0.25) is 0 Å². The molecule has 17 heavy (non-hydrogen) atoms. The number of hydrogen-bond acceptors (Lipinski definition) is 4. The summed E-state index contributed by atoms with van der Waals surface area (Å²) in [5, 5.41) is 6.87. The van der Waals surface area contributed by atoms with E-state index in [0.29, 0.717) is 11.7 Å². The zero-order chi connectivity index (χ0) is 12.9. The Balaban J connectivity index is 3.16. The van der Waals surface area contributed by atoms with Crippen molar-refractivity contribution in [1.82, 2.24) is 15.5 Å². The number of nitrogens with zero attached hydrogens (tertiary/aromatic N) is 1. The van der Waals surface area contributed by atoms with Crippen LogP contribution in [0.1, 0.15) is 6.42 Å². The minimum absolute atomic E-state index is 0.674. The third kappa shape index (κ3) is 13.5. The highest BCUT2D eigenvalue weighted by Crippen LogP contribution is 1.79. The number of methoxy groups -OCH3 is 1. The van der Waals surface area contributed by atoms with Gasteiger partial charge in [-0.2, -0.15) is 0 Å². The average Bonchev–Trinajstić information content (AvgIpc) is 2.29. The van der Waals surface area contributed by atoms with Gasteiger partial charge in [-0.1, -0.05) is 0 Å². The molecule has 0 amide bonds. The fraction of sp³-hybridized carbons (Fsp3) is 0.909. The summed E-state index contributed by atoms with van der Waals surface area (Å²) in [7, 11) is 5.75. The van der Waals surface area contributed by atoms with Gasteiger partial charge in [0.05, 0.1) is 13.2 Å². The molecule has 2 N–H and O–H groups in total. The van der Waals surface area contributed by atoms with Gasteiger partial charge < -0.3 is 25.0 Å². The molecule has 0 saturated carbocycles. The van der Waals surface area contributed by atoms with Crippen molar-refractivity contribution in [3.05, 3.63) is 0 Å². The lowest BCUT2D eigenvalue weighted by atomic mass is 10.4. The Bertz CT molecular complexity index is 192. The molecule has 0 radical (unpaired) electrons. The van der Waals surface area contributed by atoms with E-state index in [1.807, 2.05) is 14.1 Å². The van der Waals surface area contributed by atoms with Gasteiger partial charge in [-0.15, -0.1) is 0 Å². The minimum atomic E-state index is 0.674. The molecule has 6 heteroatoms. The second-order valence-corrected chi connectivity index (χ2v) is 4.35. The first-order valence-corrected chi connectivity index (χ1v) is 6.30. The number of nitrogens with one attached hydrogen (secondary N) is 2. The van der Waals surface area contributed by atoms with Crippen molar-refractivity contribution in [1.29, 1.82) is 0 Å². The molecule has 0 fully saturated rings. The van der Waals surface area contributed by atoms with Crippen LogP contribution in [0, 0.1) is 0 Å². The summed E-state index contributed by atoms with van der Waals surface area (Å²) in [5.74, 6) is 0. The maximum Gasteiger partial charge on any atom is 0.166 e. The van der Waals surface area contributed by atoms with Crippen molar-refractivity contribution in [2.24, 2.45) is 0 Å². The SMILES string of the molecule is COCCCNC(=S)NCCOCCN(C)C. The largest absolute Gasteiger partial charge is 0.385 e. The van der Waals surface area contributed by atoms with Crippen LogP contribution >= 0.6 is 12.2 Å². The topological polar surface area (TPSA) is 45.8 Å². The summed E-state index contributed by atoms with van der Waals surface area (Å²) in [4.78, 5) is 2.09. The molecular weight excluding hydrogens is 238 g/mol. The second-order valence-electron chi connectivity index (χ2n) is 3.94. The highest BCUT2D eigenvalue weighted by molar-refractivity contribution is 7.80. The molecule has 0 rings (SSSR count). The van der Waals surface area contributed by atoms with Crippen LogP contribution in [0.3, 0.4) is 0 Å². The third-order valence-electron chi connectivity index (χ3n) is 2.03. The predicted molar refractivity (Wildman–Crippen MR) is 74.5 cm³/mol. The quantitative estimate of drug-likeness (QED) is 0.429. The van der Waals surface area contributed by atoms with Gasteiger partial charge in [0.25, 0.3) is 0 Å². The Labute approximate surface area is 110 Å². The average molecular weight is 263 g/mol. The molecule has 0 spiro atoms. The van der Waals surface area contributed by atoms with E-state index in [1.165, 1.54) is 0 Å². The lowest BCUT2D eigenvalue weighted by molar-refractivity contribution is 0.122. The van der Waals surface area contributed by atoms with Gasteiger partial charge in [-0.05, 0) is 32.7 Å². The van der Waals surface area contributed by atoms with Crippen molar-refractivity contribution in [3.63, 3.8) is 0 Å². The van der Waals surface area contributed by atoms with Crippen LogP contribution in [-0.2, 0) is 9.47 Å². The Morgan fingerprint density at radius 3 is 2.47 bits per heavy atom. The van der Waals surface area contributed by atoms with Gasteiger partial charge >= 0.3 is 0 Å². The first-order chi connectivity index (χ1) is 8.16. The highest BCUT2D eigenvalue weighted by Gasteiger charge is 1.95. The standard InChI is InChI=1S/C11H25N3O2S/c1-14(2)7-10-16-9-6-13-11(17)12-5-4-8-15-3/h4-10H2,1-3H3,(H2,12,13,17). The van der Waals surface area contributed by atoms with E-state index in [-0.39, 0.29) is 0 Å². The molecule has 0 aromatic heterocycles. The lowest BCUT2D eigenvalue weighted by Gasteiger charge is -2.12. The molecule has 102 valence electrons. The van der Waals surface area contributed by atoms with Gasteiger partial charge in [0.15, 0.2) is 5.11 Å². The number of thiocarbonyl (C=S) groups is 1. The zero-order valence-electron chi connectivity index (χ0n) is 11.1. The molecular formula is C11H25N3O2S. The van der Waals surface area contributed by atoms with E-state index in [0.717, 1.165) is 39.3 Å².